The van der Waals surface area contributed by atoms with Gasteiger partial charge in [0.05, 0.1) is 4.90 Å². The maximum absolute atomic E-state index is 12.4. The summed E-state index contributed by atoms with van der Waals surface area (Å²) in [7, 11) is -3.33. The third-order valence-corrected chi connectivity index (χ3v) is 6.53. The molecule has 1 aliphatic heterocycles. The molecule has 0 saturated carbocycles. The largest absolute Gasteiger partial charge is 0.243 e. The van der Waals surface area contributed by atoms with Gasteiger partial charge in [0.25, 0.3) is 0 Å². The van der Waals surface area contributed by atoms with E-state index in [1.165, 1.54) is 0 Å². The molecule has 1 aromatic carbocycles. The molecule has 1 heterocycles. The minimum absolute atomic E-state index is 0.370. The second kappa shape index (κ2) is 6.03. The van der Waals surface area contributed by atoms with Crippen LogP contribution in [0.1, 0.15) is 12.8 Å². The van der Waals surface area contributed by atoms with Crippen LogP contribution >= 0.6 is 31.9 Å². The summed E-state index contributed by atoms with van der Waals surface area (Å²) in [6.45, 7) is 1.23. The number of sulfonamides is 1. The Bertz CT molecular complexity index is 511. The van der Waals surface area contributed by atoms with Crippen LogP contribution in [-0.4, -0.2) is 31.1 Å². The number of rotatable bonds is 3. The van der Waals surface area contributed by atoms with Gasteiger partial charge in [-0.15, -0.1) is 0 Å². The quantitative estimate of drug-likeness (QED) is 0.735. The Labute approximate surface area is 125 Å². The van der Waals surface area contributed by atoms with Crippen molar-refractivity contribution in [2.24, 2.45) is 5.92 Å². The molecule has 0 unspecified atom stereocenters. The Morgan fingerprint density at radius 3 is 2.50 bits per heavy atom. The highest BCUT2D eigenvalue weighted by molar-refractivity contribution is 9.10. The highest BCUT2D eigenvalue weighted by atomic mass is 79.9. The molecule has 1 aliphatic rings. The summed E-state index contributed by atoms with van der Waals surface area (Å²) in [6.07, 6.45) is 1.86. The average Bonchev–Trinajstić information content (AvgIpc) is 2.39. The van der Waals surface area contributed by atoms with E-state index in [0.717, 1.165) is 22.6 Å². The molecule has 0 aliphatic carbocycles. The molecule has 18 heavy (non-hydrogen) atoms. The van der Waals surface area contributed by atoms with E-state index < -0.39 is 10.0 Å². The van der Waals surface area contributed by atoms with Gasteiger partial charge in [0.15, 0.2) is 0 Å². The fraction of sp³-hybridized carbons (Fsp3) is 0.500. The van der Waals surface area contributed by atoms with Crippen molar-refractivity contribution in [3.63, 3.8) is 0 Å². The lowest BCUT2D eigenvalue weighted by molar-refractivity contribution is 0.292. The Balaban J connectivity index is 2.17. The molecule has 6 heteroatoms. The maximum Gasteiger partial charge on any atom is 0.243 e. The standard InChI is InChI=1S/C12H15Br2NO2S/c13-9-10-4-6-15(7-5-10)18(16,17)12-3-1-2-11(14)8-12/h1-3,8,10H,4-7,9H2. The third-order valence-electron chi connectivity index (χ3n) is 3.23. The van der Waals surface area contributed by atoms with Gasteiger partial charge in [-0.2, -0.15) is 4.31 Å². The van der Waals surface area contributed by atoms with Crippen molar-refractivity contribution in [1.82, 2.24) is 4.31 Å². The van der Waals surface area contributed by atoms with E-state index in [4.69, 9.17) is 0 Å². The molecular weight excluding hydrogens is 382 g/mol. The van der Waals surface area contributed by atoms with Crippen molar-refractivity contribution in [3.05, 3.63) is 28.7 Å². The van der Waals surface area contributed by atoms with Gasteiger partial charge < -0.3 is 0 Å². The van der Waals surface area contributed by atoms with E-state index >= 15 is 0 Å². The van der Waals surface area contributed by atoms with Gasteiger partial charge in [-0.25, -0.2) is 8.42 Å². The number of halogens is 2. The summed E-state index contributed by atoms with van der Waals surface area (Å²) in [5, 5.41) is 0.956. The summed E-state index contributed by atoms with van der Waals surface area (Å²) in [5.41, 5.74) is 0. The van der Waals surface area contributed by atoms with Gasteiger partial charge in [-0.1, -0.05) is 37.9 Å². The van der Waals surface area contributed by atoms with Crippen LogP contribution in [0, 0.1) is 5.92 Å². The molecule has 1 aromatic rings. The van der Waals surface area contributed by atoms with Crippen molar-refractivity contribution in [1.29, 1.82) is 0 Å². The second-order valence-corrected chi connectivity index (χ2v) is 7.96. The van der Waals surface area contributed by atoms with E-state index in [-0.39, 0.29) is 0 Å². The monoisotopic (exact) mass is 395 g/mol. The highest BCUT2D eigenvalue weighted by Crippen LogP contribution is 2.25. The van der Waals surface area contributed by atoms with Crippen molar-refractivity contribution < 1.29 is 8.42 Å². The first-order valence-electron chi connectivity index (χ1n) is 5.85. The van der Waals surface area contributed by atoms with Crippen LogP contribution in [0.2, 0.25) is 0 Å². The van der Waals surface area contributed by atoms with Gasteiger partial charge >= 0.3 is 0 Å². The Morgan fingerprint density at radius 1 is 1.28 bits per heavy atom. The molecule has 0 radical (unpaired) electrons. The SMILES string of the molecule is O=S(=O)(c1cccc(Br)c1)N1CCC(CBr)CC1. The molecule has 0 aromatic heterocycles. The number of hydrogen-bond acceptors (Lipinski definition) is 2. The van der Waals surface area contributed by atoms with E-state index in [1.807, 2.05) is 6.07 Å². The molecule has 2 rings (SSSR count). The van der Waals surface area contributed by atoms with Gasteiger partial charge in [0.1, 0.15) is 0 Å². The topological polar surface area (TPSA) is 37.4 Å². The zero-order chi connectivity index (χ0) is 13.2. The fourth-order valence-electron chi connectivity index (χ4n) is 2.08. The smallest absolute Gasteiger partial charge is 0.207 e. The summed E-state index contributed by atoms with van der Waals surface area (Å²) >= 11 is 6.77. The van der Waals surface area contributed by atoms with Crippen molar-refractivity contribution in [2.75, 3.05) is 18.4 Å². The average molecular weight is 397 g/mol. The van der Waals surface area contributed by atoms with Crippen molar-refractivity contribution in [3.8, 4) is 0 Å². The maximum atomic E-state index is 12.4. The van der Waals surface area contributed by atoms with Crippen LogP contribution in [0.3, 0.4) is 0 Å². The molecule has 0 bridgehead atoms. The molecule has 0 N–H and O–H groups in total. The van der Waals surface area contributed by atoms with Crippen molar-refractivity contribution >= 4 is 41.9 Å². The molecule has 1 fully saturated rings. The van der Waals surface area contributed by atoms with Crippen LogP contribution in [0.15, 0.2) is 33.6 Å². The number of benzene rings is 1. The van der Waals surface area contributed by atoms with Crippen LogP contribution < -0.4 is 0 Å². The fourth-order valence-corrected chi connectivity index (χ4v) is 4.79. The first kappa shape index (κ1) is 14.5. The predicted octanol–water partition coefficient (Wildman–Crippen LogP) is 3.24. The van der Waals surface area contributed by atoms with E-state index in [0.29, 0.717) is 23.9 Å². The zero-order valence-electron chi connectivity index (χ0n) is 9.85. The minimum Gasteiger partial charge on any atom is -0.207 e. The number of alkyl halides is 1. The normalized spacial score (nSPS) is 19.0. The van der Waals surface area contributed by atoms with E-state index in [2.05, 4.69) is 31.9 Å². The van der Waals surface area contributed by atoms with E-state index in [1.54, 1.807) is 22.5 Å². The van der Waals surface area contributed by atoms with Gasteiger partial charge in [-0.3, -0.25) is 0 Å². The van der Waals surface area contributed by atoms with Gasteiger partial charge in [0, 0.05) is 22.9 Å². The lowest BCUT2D eigenvalue weighted by atomic mass is 10.0. The molecule has 1 saturated heterocycles. The Hall–Kier alpha value is 0.0900. The van der Waals surface area contributed by atoms with Crippen molar-refractivity contribution in [2.45, 2.75) is 17.7 Å². The summed E-state index contributed by atoms with van der Waals surface area (Å²) < 4.78 is 27.2. The van der Waals surface area contributed by atoms with Crippen LogP contribution in [-0.2, 0) is 10.0 Å². The zero-order valence-corrected chi connectivity index (χ0v) is 13.8. The molecule has 3 nitrogen and oxygen atoms in total. The highest BCUT2D eigenvalue weighted by Gasteiger charge is 2.28. The Kier molecular flexibility index (Phi) is 4.86. The number of hydrogen-bond donors (Lipinski definition) is 0. The molecular formula is C12H15Br2NO2S. The minimum atomic E-state index is -3.33. The lowest BCUT2D eigenvalue weighted by Crippen LogP contribution is -2.38. The second-order valence-electron chi connectivity index (χ2n) is 4.46. The summed E-state index contributed by atoms with van der Waals surface area (Å²) in [5.74, 6) is 0.596. The third kappa shape index (κ3) is 3.15. The molecule has 0 spiro atoms. The lowest BCUT2D eigenvalue weighted by Gasteiger charge is -2.30. The first-order valence-corrected chi connectivity index (χ1v) is 9.21. The summed E-state index contributed by atoms with van der Waals surface area (Å²) in [6, 6.07) is 6.89. The predicted molar refractivity (Wildman–Crippen MR) is 79.4 cm³/mol. The number of nitrogens with zero attached hydrogens (tertiary/aromatic N) is 1. The van der Waals surface area contributed by atoms with Crippen LogP contribution in [0.5, 0.6) is 0 Å². The molecule has 0 amide bonds. The van der Waals surface area contributed by atoms with Gasteiger partial charge in [-0.05, 0) is 37.0 Å². The summed E-state index contributed by atoms with van der Waals surface area (Å²) in [4.78, 5) is 0.370. The van der Waals surface area contributed by atoms with Crippen LogP contribution in [0.25, 0.3) is 0 Å². The van der Waals surface area contributed by atoms with Crippen LogP contribution in [0.4, 0.5) is 0 Å². The Morgan fingerprint density at radius 2 is 1.94 bits per heavy atom. The van der Waals surface area contributed by atoms with E-state index in [9.17, 15) is 8.42 Å². The van der Waals surface area contributed by atoms with Gasteiger partial charge in [0.2, 0.25) is 10.0 Å². The molecule has 0 atom stereocenters. The molecule has 100 valence electrons. The first-order chi connectivity index (χ1) is 8.54. The number of piperidine rings is 1.